The Morgan fingerprint density at radius 2 is 1.94 bits per heavy atom. The zero-order valence-electron chi connectivity index (χ0n) is 17.7. The number of aromatic nitrogens is 2. The maximum absolute atomic E-state index is 14.0. The molecule has 1 N–H and O–H groups in total. The molecular weight excluding hydrogens is 404 g/mol. The number of carbonyl (C=O) groups excluding carboxylic acids is 2. The van der Waals surface area contributed by atoms with Crippen LogP contribution in [0, 0.1) is 18.7 Å². The number of hydrogen-bond donors (Lipinski definition) is 1. The van der Waals surface area contributed by atoms with Crippen LogP contribution in [-0.4, -0.2) is 33.0 Å². The Morgan fingerprint density at radius 1 is 1.23 bits per heavy atom. The number of anilines is 1. The van der Waals surface area contributed by atoms with E-state index in [9.17, 15) is 18.4 Å². The van der Waals surface area contributed by atoms with E-state index in [4.69, 9.17) is 4.74 Å². The average Bonchev–Trinajstić information content (AvgIpc) is 3.29. The van der Waals surface area contributed by atoms with Crippen LogP contribution in [0.2, 0.25) is 0 Å². The zero-order valence-corrected chi connectivity index (χ0v) is 17.7. The van der Waals surface area contributed by atoms with E-state index < -0.39 is 29.6 Å². The van der Waals surface area contributed by atoms with Crippen molar-refractivity contribution in [1.29, 1.82) is 0 Å². The number of rotatable bonds is 4. The monoisotopic (exact) mass is 427 g/mol. The van der Waals surface area contributed by atoms with E-state index in [-0.39, 0.29) is 23.7 Å². The van der Waals surface area contributed by atoms with Crippen molar-refractivity contribution in [2.24, 2.45) is 5.92 Å². The van der Waals surface area contributed by atoms with Gasteiger partial charge in [-0.2, -0.15) is 0 Å². The first-order chi connectivity index (χ1) is 14.5. The van der Waals surface area contributed by atoms with Gasteiger partial charge in [-0.3, -0.25) is 14.5 Å². The summed E-state index contributed by atoms with van der Waals surface area (Å²) in [4.78, 5) is 29.6. The summed E-state index contributed by atoms with van der Waals surface area (Å²) in [6.45, 7) is 6.82. The van der Waals surface area contributed by atoms with Gasteiger partial charge in [0.15, 0.2) is 11.6 Å². The fourth-order valence-electron chi connectivity index (χ4n) is 3.46. The van der Waals surface area contributed by atoms with Crippen molar-refractivity contribution < 1.29 is 23.1 Å². The summed E-state index contributed by atoms with van der Waals surface area (Å²) in [6, 6.07) is 8.17. The van der Waals surface area contributed by atoms with Gasteiger partial charge in [0.25, 0.3) is 0 Å². The topological polar surface area (TPSA) is 72.7 Å². The molecule has 6 nitrogen and oxygen atoms in total. The van der Waals surface area contributed by atoms with E-state index in [1.54, 1.807) is 58.2 Å². The molecule has 4 rings (SSSR count). The molecule has 1 amide bonds. The molecular formula is C23H23F2N3O3. The molecule has 0 saturated heterocycles. The van der Waals surface area contributed by atoms with E-state index in [0.29, 0.717) is 22.3 Å². The van der Waals surface area contributed by atoms with Crippen molar-refractivity contribution >= 4 is 23.3 Å². The number of halogens is 2. The minimum atomic E-state index is -1.21. The van der Waals surface area contributed by atoms with Gasteiger partial charge >= 0.3 is 6.09 Å². The van der Waals surface area contributed by atoms with Gasteiger partial charge in [0.1, 0.15) is 28.9 Å². The first kappa shape index (κ1) is 21.0. The molecule has 1 saturated carbocycles. The molecule has 162 valence electrons. The lowest BCUT2D eigenvalue weighted by Gasteiger charge is -2.19. The van der Waals surface area contributed by atoms with Gasteiger partial charge < -0.3 is 4.74 Å². The summed E-state index contributed by atoms with van der Waals surface area (Å²) >= 11 is 0. The van der Waals surface area contributed by atoms with Crippen molar-refractivity contribution in [2.45, 2.75) is 45.9 Å². The summed E-state index contributed by atoms with van der Waals surface area (Å²) in [5, 5.41) is 2.52. The summed E-state index contributed by atoms with van der Waals surface area (Å²) in [5.41, 5.74) is 1.51. The largest absolute Gasteiger partial charge is 0.444 e. The quantitative estimate of drug-likeness (QED) is 0.571. The van der Waals surface area contributed by atoms with Crippen molar-refractivity contribution in [2.75, 3.05) is 5.32 Å². The number of benzene rings is 1. The Hall–Kier alpha value is -3.29. The minimum absolute atomic E-state index is 0.00599. The molecule has 0 bridgehead atoms. The van der Waals surface area contributed by atoms with Gasteiger partial charge in [-0.15, -0.1) is 0 Å². The van der Waals surface area contributed by atoms with Crippen LogP contribution in [0.25, 0.3) is 16.8 Å². The third-order valence-electron chi connectivity index (χ3n) is 5.10. The van der Waals surface area contributed by atoms with Crippen LogP contribution in [0.15, 0.2) is 36.5 Å². The molecule has 0 spiro atoms. The molecule has 1 aromatic carbocycles. The molecule has 0 aliphatic heterocycles. The molecule has 2 aromatic heterocycles. The van der Waals surface area contributed by atoms with Crippen LogP contribution >= 0.6 is 0 Å². The van der Waals surface area contributed by atoms with Crippen LogP contribution in [-0.2, 0) is 4.74 Å². The maximum Gasteiger partial charge on any atom is 0.413 e. The van der Waals surface area contributed by atoms with Gasteiger partial charge in [-0.05, 0) is 69.0 Å². The van der Waals surface area contributed by atoms with Gasteiger partial charge in [-0.25, -0.2) is 18.6 Å². The number of hydrogen-bond acceptors (Lipinski definition) is 4. The predicted molar refractivity (Wildman–Crippen MR) is 113 cm³/mol. The summed E-state index contributed by atoms with van der Waals surface area (Å²) in [6.07, 6.45) is -0.187. The number of carbonyl (C=O) groups is 2. The lowest BCUT2D eigenvalue weighted by Crippen LogP contribution is -2.28. The normalized spacial score (nSPS) is 18.1. The number of pyridine rings is 1. The molecule has 0 unspecified atom stereocenters. The van der Waals surface area contributed by atoms with Crippen LogP contribution < -0.4 is 5.32 Å². The van der Waals surface area contributed by atoms with E-state index in [1.807, 2.05) is 0 Å². The Balaban J connectivity index is 1.81. The Kier molecular flexibility index (Phi) is 5.03. The second-order valence-electron chi connectivity index (χ2n) is 8.72. The number of nitrogens with zero attached hydrogens (tertiary/aromatic N) is 2. The molecule has 1 fully saturated rings. The Labute approximate surface area is 178 Å². The smallest absolute Gasteiger partial charge is 0.413 e. The highest BCUT2D eigenvalue weighted by molar-refractivity contribution is 6.05. The SMILES string of the molecule is Cc1c(F)cccc1-c1ccc2nc(NC(=O)OC(C)(C)C)c(C(=O)[C@@H]3C[C@@H]3F)n2c1. The van der Waals surface area contributed by atoms with E-state index in [2.05, 4.69) is 10.3 Å². The predicted octanol–water partition coefficient (Wildman–Crippen LogP) is 5.34. The third kappa shape index (κ3) is 4.15. The molecule has 8 heteroatoms. The van der Waals surface area contributed by atoms with Gasteiger partial charge in [0.05, 0.1) is 5.92 Å². The van der Waals surface area contributed by atoms with Crippen molar-refractivity contribution in [3.8, 4) is 11.1 Å². The van der Waals surface area contributed by atoms with Crippen LogP contribution in [0.3, 0.4) is 0 Å². The van der Waals surface area contributed by atoms with Gasteiger partial charge in [-0.1, -0.05) is 12.1 Å². The molecule has 0 radical (unpaired) electrons. The highest BCUT2D eigenvalue weighted by Crippen LogP contribution is 2.39. The highest BCUT2D eigenvalue weighted by atomic mass is 19.1. The number of ketones is 1. The fourth-order valence-corrected chi connectivity index (χ4v) is 3.46. The summed E-state index contributed by atoms with van der Waals surface area (Å²) in [5.74, 6) is -1.55. The third-order valence-corrected chi connectivity index (χ3v) is 5.10. The van der Waals surface area contributed by atoms with Crippen molar-refractivity contribution in [3.63, 3.8) is 0 Å². The van der Waals surface area contributed by atoms with Crippen LogP contribution in [0.4, 0.5) is 19.4 Å². The Bertz CT molecular complexity index is 1200. The number of imidazole rings is 1. The molecule has 2 atom stereocenters. The molecule has 1 aliphatic rings. The average molecular weight is 427 g/mol. The number of nitrogens with one attached hydrogen (secondary N) is 1. The van der Waals surface area contributed by atoms with Crippen molar-refractivity contribution in [1.82, 2.24) is 9.38 Å². The van der Waals surface area contributed by atoms with Crippen LogP contribution in [0.1, 0.15) is 43.2 Å². The van der Waals surface area contributed by atoms with E-state index >= 15 is 0 Å². The first-order valence-electron chi connectivity index (χ1n) is 10.0. The molecule has 31 heavy (non-hydrogen) atoms. The maximum atomic E-state index is 14.0. The van der Waals surface area contributed by atoms with E-state index in [1.165, 1.54) is 10.5 Å². The molecule has 2 heterocycles. The Morgan fingerprint density at radius 3 is 2.58 bits per heavy atom. The van der Waals surface area contributed by atoms with Crippen LogP contribution in [0.5, 0.6) is 0 Å². The van der Waals surface area contributed by atoms with Gasteiger partial charge in [0.2, 0.25) is 0 Å². The number of amides is 1. The fraction of sp³-hybridized carbons (Fsp3) is 0.348. The van der Waals surface area contributed by atoms with Crippen molar-refractivity contribution in [3.05, 3.63) is 53.6 Å². The highest BCUT2D eigenvalue weighted by Gasteiger charge is 2.46. The van der Waals surface area contributed by atoms with E-state index in [0.717, 1.165) is 0 Å². The molecule has 3 aromatic rings. The summed E-state index contributed by atoms with van der Waals surface area (Å²) < 4.78 is 34.5. The second kappa shape index (κ2) is 7.44. The van der Waals surface area contributed by atoms with Gasteiger partial charge in [0, 0.05) is 6.20 Å². The minimum Gasteiger partial charge on any atom is -0.444 e. The standard InChI is InChI=1S/C23H23F2N3O3/c1-12-14(6-5-7-16(12)24)13-8-9-18-26-21(27-22(30)31-23(2,3)4)19(28(18)11-13)20(29)15-10-17(15)25/h5-9,11,15,17H,10H2,1-4H3,(H,27,30)/t15-,17+/m1/s1. The molecule has 1 aliphatic carbocycles. The summed E-state index contributed by atoms with van der Waals surface area (Å²) in [7, 11) is 0. The first-order valence-corrected chi connectivity index (χ1v) is 10.0. The lowest BCUT2D eigenvalue weighted by atomic mass is 10.0. The number of ether oxygens (including phenoxy) is 1. The zero-order chi connectivity index (χ0) is 22.5. The number of alkyl halides is 1. The number of Topliss-reactive ketones (excluding diaryl/α,β-unsaturated/α-hetero) is 1. The second-order valence-corrected chi connectivity index (χ2v) is 8.72. The number of fused-ring (bicyclic) bond motifs is 1. The lowest BCUT2D eigenvalue weighted by molar-refractivity contribution is 0.0635.